The standard InChI is InChI=1S/C10H18N2O3/c1-7(4-9(13)14)5-12-10(15)8-2-3-11-6-8/h7-8,11H,2-6H2,1H3,(H,12,15)(H,13,14). The molecule has 0 spiro atoms. The SMILES string of the molecule is CC(CNC(=O)C1CCNC1)CC(=O)O. The van der Waals surface area contributed by atoms with Crippen LogP contribution in [0.1, 0.15) is 19.8 Å². The van der Waals surface area contributed by atoms with Crippen molar-refractivity contribution in [3.63, 3.8) is 0 Å². The summed E-state index contributed by atoms with van der Waals surface area (Å²) in [6.45, 7) is 3.89. The van der Waals surface area contributed by atoms with Crippen molar-refractivity contribution < 1.29 is 14.7 Å². The van der Waals surface area contributed by atoms with Crippen LogP contribution in [0.2, 0.25) is 0 Å². The van der Waals surface area contributed by atoms with E-state index < -0.39 is 5.97 Å². The van der Waals surface area contributed by atoms with Gasteiger partial charge in [-0.05, 0) is 18.9 Å². The summed E-state index contributed by atoms with van der Waals surface area (Å²) >= 11 is 0. The maximum Gasteiger partial charge on any atom is 0.303 e. The number of hydrogen-bond acceptors (Lipinski definition) is 3. The fraction of sp³-hybridized carbons (Fsp3) is 0.800. The highest BCUT2D eigenvalue weighted by Gasteiger charge is 2.22. The zero-order valence-electron chi connectivity index (χ0n) is 8.95. The molecule has 0 aromatic heterocycles. The molecule has 0 aromatic rings. The quantitative estimate of drug-likeness (QED) is 0.593. The topological polar surface area (TPSA) is 78.4 Å². The van der Waals surface area contributed by atoms with E-state index in [2.05, 4.69) is 10.6 Å². The van der Waals surface area contributed by atoms with Gasteiger partial charge >= 0.3 is 5.97 Å². The fourth-order valence-electron chi connectivity index (χ4n) is 1.67. The highest BCUT2D eigenvalue weighted by atomic mass is 16.4. The van der Waals surface area contributed by atoms with Gasteiger partial charge in [0, 0.05) is 19.5 Å². The average Bonchev–Trinajstić information content (AvgIpc) is 2.65. The molecule has 1 aliphatic heterocycles. The number of rotatable bonds is 5. The largest absolute Gasteiger partial charge is 0.481 e. The number of carboxylic acid groups (broad SMARTS) is 1. The van der Waals surface area contributed by atoms with Gasteiger partial charge in [0.05, 0.1) is 5.92 Å². The van der Waals surface area contributed by atoms with E-state index in [9.17, 15) is 9.59 Å². The zero-order chi connectivity index (χ0) is 11.3. The number of carboxylic acids is 1. The van der Waals surface area contributed by atoms with Gasteiger partial charge in [-0.3, -0.25) is 9.59 Å². The molecule has 0 aromatic carbocycles. The van der Waals surface area contributed by atoms with Crippen molar-refractivity contribution in [2.75, 3.05) is 19.6 Å². The minimum absolute atomic E-state index is 0.0131. The van der Waals surface area contributed by atoms with Crippen LogP contribution in [0.25, 0.3) is 0 Å². The van der Waals surface area contributed by atoms with Crippen LogP contribution < -0.4 is 10.6 Å². The van der Waals surface area contributed by atoms with Crippen molar-refractivity contribution in [1.29, 1.82) is 0 Å². The molecule has 0 saturated carbocycles. The predicted octanol–water partition coefficient (Wildman–Crippen LogP) is -0.177. The van der Waals surface area contributed by atoms with E-state index in [0.29, 0.717) is 6.54 Å². The molecule has 5 heteroatoms. The molecule has 0 bridgehead atoms. The first-order valence-electron chi connectivity index (χ1n) is 5.30. The Bertz CT molecular complexity index is 237. The van der Waals surface area contributed by atoms with Gasteiger partial charge in [-0.25, -0.2) is 0 Å². The molecular weight excluding hydrogens is 196 g/mol. The summed E-state index contributed by atoms with van der Waals surface area (Å²) in [6.07, 6.45) is 0.975. The van der Waals surface area contributed by atoms with Crippen LogP contribution in [0.15, 0.2) is 0 Å². The van der Waals surface area contributed by atoms with Crippen LogP contribution >= 0.6 is 0 Å². The second-order valence-electron chi connectivity index (χ2n) is 4.14. The smallest absolute Gasteiger partial charge is 0.303 e. The summed E-state index contributed by atoms with van der Waals surface area (Å²) in [5.41, 5.74) is 0. The summed E-state index contributed by atoms with van der Waals surface area (Å²) in [6, 6.07) is 0. The second kappa shape index (κ2) is 5.70. The van der Waals surface area contributed by atoms with E-state index in [1.54, 1.807) is 0 Å². The highest BCUT2D eigenvalue weighted by molar-refractivity contribution is 5.79. The van der Waals surface area contributed by atoms with Crippen molar-refractivity contribution in [2.45, 2.75) is 19.8 Å². The lowest BCUT2D eigenvalue weighted by Crippen LogP contribution is -2.35. The monoisotopic (exact) mass is 214 g/mol. The number of carbonyl (C=O) groups excluding carboxylic acids is 1. The Hall–Kier alpha value is -1.10. The molecule has 2 unspecified atom stereocenters. The van der Waals surface area contributed by atoms with Gasteiger partial charge in [0.1, 0.15) is 0 Å². The third kappa shape index (κ3) is 4.29. The van der Waals surface area contributed by atoms with Crippen LogP contribution in [0.5, 0.6) is 0 Å². The Morgan fingerprint density at radius 3 is 2.87 bits per heavy atom. The van der Waals surface area contributed by atoms with Crippen LogP contribution in [0.4, 0.5) is 0 Å². The molecule has 0 radical (unpaired) electrons. The highest BCUT2D eigenvalue weighted by Crippen LogP contribution is 2.07. The number of amides is 1. The van der Waals surface area contributed by atoms with Crippen molar-refractivity contribution in [3.8, 4) is 0 Å². The molecule has 1 heterocycles. The van der Waals surface area contributed by atoms with Gasteiger partial charge in [-0.15, -0.1) is 0 Å². The van der Waals surface area contributed by atoms with Crippen LogP contribution in [-0.4, -0.2) is 36.6 Å². The molecule has 1 fully saturated rings. The molecule has 2 atom stereocenters. The molecule has 1 rings (SSSR count). The summed E-state index contributed by atoms with van der Waals surface area (Å²) in [4.78, 5) is 21.9. The van der Waals surface area contributed by atoms with Crippen molar-refractivity contribution in [3.05, 3.63) is 0 Å². The van der Waals surface area contributed by atoms with Crippen LogP contribution in [0, 0.1) is 11.8 Å². The minimum Gasteiger partial charge on any atom is -0.481 e. The average molecular weight is 214 g/mol. The fourth-order valence-corrected chi connectivity index (χ4v) is 1.67. The molecule has 1 amide bonds. The first kappa shape index (κ1) is 12.0. The summed E-state index contributed by atoms with van der Waals surface area (Å²) in [5.74, 6) is -0.737. The van der Waals surface area contributed by atoms with Crippen molar-refractivity contribution in [2.24, 2.45) is 11.8 Å². The Labute approximate surface area is 89.2 Å². The molecular formula is C10H18N2O3. The number of carbonyl (C=O) groups is 2. The van der Waals surface area contributed by atoms with E-state index >= 15 is 0 Å². The number of nitrogens with one attached hydrogen (secondary N) is 2. The molecule has 86 valence electrons. The summed E-state index contributed by atoms with van der Waals surface area (Å²) in [7, 11) is 0. The van der Waals surface area contributed by atoms with Gasteiger partial charge in [0.2, 0.25) is 5.91 Å². The lowest BCUT2D eigenvalue weighted by atomic mass is 10.1. The first-order chi connectivity index (χ1) is 7.09. The maximum atomic E-state index is 11.5. The van der Waals surface area contributed by atoms with E-state index in [0.717, 1.165) is 19.5 Å². The molecule has 1 aliphatic rings. The Balaban J connectivity index is 2.18. The van der Waals surface area contributed by atoms with Gasteiger partial charge in [-0.1, -0.05) is 6.92 Å². The van der Waals surface area contributed by atoms with Crippen LogP contribution in [-0.2, 0) is 9.59 Å². The minimum atomic E-state index is -0.820. The Morgan fingerprint density at radius 2 is 2.33 bits per heavy atom. The maximum absolute atomic E-state index is 11.5. The van der Waals surface area contributed by atoms with E-state index in [4.69, 9.17) is 5.11 Å². The molecule has 0 aliphatic carbocycles. The summed E-state index contributed by atoms with van der Waals surface area (Å²) in [5, 5.41) is 14.4. The van der Waals surface area contributed by atoms with Gasteiger partial charge < -0.3 is 15.7 Å². The Kier molecular flexibility index (Phi) is 4.55. The molecule has 5 nitrogen and oxygen atoms in total. The molecule has 15 heavy (non-hydrogen) atoms. The summed E-state index contributed by atoms with van der Waals surface area (Å²) < 4.78 is 0. The third-order valence-electron chi connectivity index (χ3n) is 2.58. The second-order valence-corrected chi connectivity index (χ2v) is 4.14. The predicted molar refractivity (Wildman–Crippen MR) is 55.4 cm³/mol. The lowest BCUT2D eigenvalue weighted by Gasteiger charge is -2.13. The van der Waals surface area contributed by atoms with E-state index in [1.807, 2.05) is 6.92 Å². The van der Waals surface area contributed by atoms with E-state index in [-0.39, 0.29) is 24.2 Å². The van der Waals surface area contributed by atoms with Gasteiger partial charge in [0.15, 0.2) is 0 Å². The zero-order valence-corrected chi connectivity index (χ0v) is 8.95. The lowest BCUT2D eigenvalue weighted by molar-refractivity contribution is -0.138. The number of aliphatic carboxylic acids is 1. The van der Waals surface area contributed by atoms with Crippen molar-refractivity contribution in [1.82, 2.24) is 10.6 Å². The first-order valence-corrected chi connectivity index (χ1v) is 5.30. The third-order valence-corrected chi connectivity index (χ3v) is 2.58. The van der Waals surface area contributed by atoms with E-state index in [1.165, 1.54) is 0 Å². The number of hydrogen-bond donors (Lipinski definition) is 3. The van der Waals surface area contributed by atoms with Crippen LogP contribution in [0.3, 0.4) is 0 Å². The van der Waals surface area contributed by atoms with Gasteiger partial charge in [0.25, 0.3) is 0 Å². The molecule has 1 saturated heterocycles. The van der Waals surface area contributed by atoms with Crippen molar-refractivity contribution >= 4 is 11.9 Å². The van der Waals surface area contributed by atoms with Gasteiger partial charge in [-0.2, -0.15) is 0 Å². The normalized spacial score (nSPS) is 22.3. The molecule has 3 N–H and O–H groups in total. The Morgan fingerprint density at radius 1 is 1.60 bits per heavy atom.